The fourth-order valence-electron chi connectivity index (χ4n) is 9.13. The predicted molar refractivity (Wildman–Crippen MR) is 307 cm³/mol. The number of carbonyl (C=O) groups excluding carboxylic acids is 3. The summed E-state index contributed by atoms with van der Waals surface area (Å²) in [6.45, 7) is 6.63. The lowest BCUT2D eigenvalue weighted by molar-refractivity contribution is -0.167. The molecule has 0 heterocycles. The van der Waals surface area contributed by atoms with Gasteiger partial charge in [-0.25, -0.2) is 0 Å². The third-order valence-electron chi connectivity index (χ3n) is 13.8. The Kier molecular flexibility index (Phi) is 57.7. The van der Waals surface area contributed by atoms with Crippen LogP contribution in [0.1, 0.15) is 329 Å². The van der Waals surface area contributed by atoms with Crippen LogP contribution in [0, 0.1) is 0 Å². The van der Waals surface area contributed by atoms with Gasteiger partial charge in [-0.05, 0) is 64.2 Å². The second-order valence-corrected chi connectivity index (χ2v) is 21.0. The van der Waals surface area contributed by atoms with Crippen LogP contribution in [0.5, 0.6) is 0 Å². The first kappa shape index (κ1) is 68.4. The van der Waals surface area contributed by atoms with Crippen molar-refractivity contribution in [3.05, 3.63) is 48.6 Å². The molecule has 0 aromatic carbocycles. The van der Waals surface area contributed by atoms with Crippen molar-refractivity contribution in [3.63, 3.8) is 0 Å². The highest BCUT2D eigenvalue weighted by molar-refractivity contribution is 5.71. The molecule has 414 valence electrons. The van der Waals surface area contributed by atoms with E-state index in [9.17, 15) is 14.4 Å². The van der Waals surface area contributed by atoms with Gasteiger partial charge in [0.15, 0.2) is 6.10 Å². The van der Waals surface area contributed by atoms with Crippen LogP contribution in [-0.2, 0) is 28.6 Å². The molecule has 71 heavy (non-hydrogen) atoms. The third kappa shape index (κ3) is 58.1. The highest BCUT2D eigenvalue weighted by Crippen LogP contribution is 2.17. The number of carbonyl (C=O) groups is 3. The van der Waals surface area contributed by atoms with Gasteiger partial charge in [0, 0.05) is 19.3 Å². The van der Waals surface area contributed by atoms with E-state index in [1.807, 2.05) is 0 Å². The monoisotopic (exact) mass is 995 g/mol. The van der Waals surface area contributed by atoms with Crippen molar-refractivity contribution in [2.45, 2.75) is 335 Å². The topological polar surface area (TPSA) is 78.9 Å². The molecular formula is C65H118O6. The maximum absolute atomic E-state index is 12.9. The van der Waals surface area contributed by atoms with Crippen LogP contribution in [0.25, 0.3) is 0 Å². The Morgan fingerprint density at radius 3 is 0.817 bits per heavy atom. The maximum Gasteiger partial charge on any atom is 0.306 e. The van der Waals surface area contributed by atoms with Gasteiger partial charge < -0.3 is 14.2 Å². The average molecular weight is 996 g/mol. The summed E-state index contributed by atoms with van der Waals surface area (Å²) in [5.74, 6) is -0.890. The summed E-state index contributed by atoms with van der Waals surface area (Å²) in [6.07, 6.45) is 74.0. The minimum Gasteiger partial charge on any atom is -0.462 e. The van der Waals surface area contributed by atoms with Gasteiger partial charge in [0.25, 0.3) is 0 Å². The Balaban J connectivity index is 4.35. The number of hydrogen-bond acceptors (Lipinski definition) is 6. The summed E-state index contributed by atoms with van der Waals surface area (Å²) in [7, 11) is 0. The second kappa shape index (κ2) is 59.9. The number of esters is 3. The molecule has 0 aliphatic carbocycles. The zero-order chi connectivity index (χ0) is 51.4. The summed E-state index contributed by atoms with van der Waals surface area (Å²) in [5, 5.41) is 0. The zero-order valence-electron chi connectivity index (χ0n) is 47.5. The standard InChI is InChI=1S/C65H118O6/c1-4-7-10-13-16-19-22-25-27-29-31-32-34-36-38-41-44-47-50-53-56-59-65(68)71-62(60-69-63(66)57-54-51-48-45-42-39-24-21-18-15-12-9-6-3)61-70-64(67)58-55-52-49-46-43-40-37-35-33-30-28-26-23-20-17-14-11-8-5-2/h17,20,26,28,33,35,40,43,62H,4-16,18-19,21-25,27,29-32,34,36-39,41-42,44-61H2,1-3H3/b20-17-,28-26-,35-33-,43-40-/t62-/m0/s1. The van der Waals surface area contributed by atoms with E-state index in [2.05, 4.69) is 69.4 Å². The molecule has 0 spiro atoms. The lowest BCUT2D eigenvalue weighted by Gasteiger charge is -2.18. The molecule has 0 saturated heterocycles. The largest absolute Gasteiger partial charge is 0.462 e. The predicted octanol–water partition coefficient (Wildman–Crippen LogP) is 21.0. The molecule has 0 radical (unpaired) electrons. The van der Waals surface area contributed by atoms with Crippen molar-refractivity contribution in [2.24, 2.45) is 0 Å². The summed E-state index contributed by atoms with van der Waals surface area (Å²) in [5.41, 5.74) is 0. The minimum atomic E-state index is -0.783. The Hall–Kier alpha value is -2.63. The van der Waals surface area contributed by atoms with Crippen molar-refractivity contribution in [3.8, 4) is 0 Å². The van der Waals surface area contributed by atoms with E-state index in [1.54, 1.807) is 0 Å². The van der Waals surface area contributed by atoms with E-state index in [0.717, 1.165) is 83.5 Å². The molecule has 0 saturated carbocycles. The summed E-state index contributed by atoms with van der Waals surface area (Å²) < 4.78 is 16.9. The van der Waals surface area contributed by atoms with E-state index in [4.69, 9.17) is 14.2 Å². The lowest BCUT2D eigenvalue weighted by atomic mass is 10.0. The summed E-state index contributed by atoms with van der Waals surface area (Å²) in [6, 6.07) is 0. The second-order valence-electron chi connectivity index (χ2n) is 21.0. The molecule has 0 aliphatic heterocycles. The first-order chi connectivity index (χ1) is 35.0. The van der Waals surface area contributed by atoms with Gasteiger partial charge in [-0.2, -0.15) is 0 Å². The van der Waals surface area contributed by atoms with Gasteiger partial charge in [-0.15, -0.1) is 0 Å². The number of ether oxygens (including phenoxy) is 3. The number of rotatable bonds is 57. The summed E-state index contributed by atoms with van der Waals surface area (Å²) >= 11 is 0. The van der Waals surface area contributed by atoms with Gasteiger partial charge in [0.05, 0.1) is 0 Å². The molecule has 6 nitrogen and oxygen atoms in total. The van der Waals surface area contributed by atoms with Crippen molar-refractivity contribution >= 4 is 17.9 Å². The molecular weight excluding hydrogens is 877 g/mol. The molecule has 6 heteroatoms. The molecule has 0 amide bonds. The van der Waals surface area contributed by atoms with Crippen LogP contribution in [0.4, 0.5) is 0 Å². The number of unbranched alkanes of at least 4 members (excludes halogenated alkanes) is 38. The molecule has 0 aromatic rings. The van der Waals surface area contributed by atoms with Crippen LogP contribution in [0.3, 0.4) is 0 Å². The van der Waals surface area contributed by atoms with E-state index in [-0.39, 0.29) is 31.1 Å². The van der Waals surface area contributed by atoms with Gasteiger partial charge in [0.1, 0.15) is 13.2 Å². The first-order valence-corrected chi connectivity index (χ1v) is 31.1. The number of allylic oxidation sites excluding steroid dienone is 8. The SMILES string of the molecule is CCCCC/C=C\C/C=C\C/C=C\C/C=C\CCCCCC(=O)OC[C@H](COC(=O)CCCCCCCCCCCCCCC)OC(=O)CCCCCCCCCCCCCCCCCCCCCCC. The van der Waals surface area contributed by atoms with E-state index in [1.165, 1.54) is 205 Å². The smallest absolute Gasteiger partial charge is 0.306 e. The van der Waals surface area contributed by atoms with Crippen molar-refractivity contribution < 1.29 is 28.6 Å². The van der Waals surface area contributed by atoms with E-state index < -0.39 is 6.10 Å². The van der Waals surface area contributed by atoms with Crippen LogP contribution in [0.2, 0.25) is 0 Å². The quantitative estimate of drug-likeness (QED) is 0.0261. The third-order valence-corrected chi connectivity index (χ3v) is 13.8. The normalized spacial score (nSPS) is 12.3. The molecule has 0 rings (SSSR count). The highest BCUT2D eigenvalue weighted by atomic mass is 16.6. The Morgan fingerprint density at radius 2 is 0.507 bits per heavy atom. The van der Waals surface area contributed by atoms with E-state index in [0.29, 0.717) is 19.3 Å². The lowest BCUT2D eigenvalue weighted by Crippen LogP contribution is -2.30. The fourth-order valence-corrected chi connectivity index (χ4v) is 9.13. The molecule has 0 bridgehead atoms. The van der Waals surface area contributed by atoms with Crippen LogP contribution in [-0.4, -0.2) is 37.2 Å². The molecule has 0 fully saturated rings. The summed E-state index contributed by atoms with van der Waals surface area (Å²) in [4.78, 5) is 38.2. The Bertz CT molecular complexity index is 1230. The van der Waals surface area contributed by atoms with Crippen molar-refractivity contribution in [2.75, 3.05) is 13.2 Å². The minimum absolute atomic E-state index is 0.0787. The first-order valence-electron chi connectivity index (χ1n) is 31.1. The highest BCUT2D eigenvalue weighted by Gasteiger charge is 2.19. The Morgan fingerprint density at radius 1 is 0.282 bits per heavy atom. The molecule has 0 aliphatic rings. The molecule has 0 aromatic heterocycles. The van der Waals surface area contributed by atoms with Crippen molar-refractivity contribution in [1.82, 2.24) is 0 Å². The van der Waals surface area contributed by atoms with Crippen molar-refractivity contribution in [1.29, 1.82) is 0 Å². The van der Waals surface area contributed by atoms with Crippen LogP contribution in [0.15, 0.2) is 48.6 Å². The van der Waals surface area contributed by atoms with Crippen LogP contribution >= 0.6 is 0 Å². The zero-order valence-corrected chi connectivity index (χ0v) is 47.5. The van der Waals surface area contributed by atoms with Gasteiger partial charge in [0.2, 0.25) is 0 Å². The van der Waals surface area contributed by atoms with Crippen LogP contribution < -0.4 is 0 Å². The molecule has 0 N–H and O–H groups in total. The molecule has 0 unspecified atom stereocenters. The average Bonchev–Trinajstić information content (AvgIpc) is 3.37. The molecule has 1 atom stereocenters. The maximum atomic E-state index is 12.9. The van der Waals surface area contributed by atoms with Gasteiger partial charge in [-0.3, -0.25) is 14.4 Å². The van der Waals surface area contributed by atoms with E-state index >= 15 is 0 Å². The fraction of sp³-hybridized carbons (Fsp3) is 0.831. The number of hydrogen-bond donors (Lipinski definition) is 0. The van der Waals surface area contributed by atoms with Gasteiger partial charge in [-0.1, -0.05) is 294 Å². The van der Waals surface area contributed by atoms with Gasteiger partial charge >= 0.3 is 17.9 Å². The Labute approximate surface area is 441 Å².